The van der Waals surface area contributed by atoms with Gasteiger partial charge in [0.25, 0.3) is 0 Å². The number of amidine groups is 1. The largest absolute Gasteiger partial charge is 0.271 e. The number of nitrogens with zero attached hydrogens (tertiary/aromatic N) is 2. The number of aliphatic imine (C=N–C) groups is 1. The normalized spacial score (nSPS) is 23.8. The third-order valence-electron chi connectivity index (χ3n) is 2.04. The van der Waals surface area contributed by atoms with E-state index in [0.717, 1.165) is 5.56 Å². The molecule has 84 valence electrons. The van der Waals surface area contributed by atoms with Gasteiger partial charge in [-0.15, -0.1) is 0 Å². The zero-order valence-electron chi connectivity index (χ0n) is 8.32. The molecule has 4 nitrogen and oxygen atoms in total. The van der Waals surface area contributed by atoms with Crippen LogP contribution in [0.3, 0.4) is 0 Å². The summed E-state index contributed by atoms with van der Waals surface area (Å²) in [5.41, 5.74) is 3.61. The van der Waals surface area contributed by atoms with E-state index in [1.807, 2.05) is 30.3 Å². The predicted molar refractivity (Wildman–Crippen MR) is 66.8 cm³/mol. The Balaban J connectivity index is 2.00. The van der Waals surface area contributed by atoms with Crippen molar-refractivity contribution in [3.05, 3.63) is 35.9 Å². The Morgan fingerprint density at radius 1 is 1.31 bits per heavy atom. The SMILES string of the molecule is ClC1=NC(Cl)(NCc2ccccc2)C=NN1. The average molecular weight is 257 g/mol. The van der Waals surface area contributed by atoms with E-state index < -0.39 is 5.12 Å². The predicted octanol–water partition coefficient (Wildman–Crippen LogP) is 1.85. The summed E-state index contributed by atoms with van der Waals surface area (Å²) < 4.78 is 0. The summed E-state index contributed by atoms with van der Waals surface area (Å²) >= 11 is 11.8. The minimum Gasteiger partial charge on any atom is -0.271 e. The number of halogens is 2. The lowest BCUT2D eigenvalue weighted by atomic mass is 10.2. The van der Waals surface area contributed by atoms with Crippen molar-refractivity contribution in [1.29, 1.82) is 0 Å². The second-order valence-corrected chi connectivity index (χ2v) is 4.22. The molecule has 0 aromatic heterocycles. The van der Waals surface area contributed by atoms with Gasteiger partial charge in [-0.25, -0.2) is 4.99 Å². The van der Waals surface area contributed by atoms with Crippen LogP contribution in [0.25, 0.3) is 0 Å². The smallest absolute Gasteiger partial charge is 0.227 e. The summed E-state index contributed by atoms with van der Waals surface area (Å²) in [5, 5.41) is 5.93. The van der Waals surface area contributed by atoms with Crippen LogP contribution >= 0.6 is 23.2 Å². The van der Waals surface area contributed by atoms with Crippen LogP contribution in [0.4, 0.5) is 0 Å². The quantitative estimate of drug-likeness (QED) is 0.641. The molecule has 1 aromatic rings. The molecule has 0 fully saturated rings. The molecule has 1 aliphatic heterocycles. The van der Waals surface area contributed by atoms with Gasteiger partial charge in [0, 0.05) is 6.54 Å². The molecular formula is C10H10Cl2N4. The van der Waals surface area contributed by atoms with E-state index in [0.29, 0.717) is 6.54 Å². The highest BCUT2D eigenvalue weighted by Gasteiger charge is 2.26. The van der Waals surface area contributed by atoms with Gasteiger partial charge in [-0.2, -0.15) is 5.10 Å². The van der Waals surface area contributed by atoms with E-state index in [1.54, 1.807) is 0 Å². The molecule has 0 aliphatic carbocycles. The third kappa shape index (κ3) is 2.95. The van der Waals surface area contributed by atoms with Gasteiger partial charge >= 0.3 is 0 Å². The van der Waals surface area contributed by atoms with E-state index in [2.05, 4.69) is 20.8 Å². The molecule has 0 radical (unpaired) electrons. The lowest BCUT2D eigenvalue weighted by molar-refractivity contribution is 0.584. The van der Waals surface area contributed by atoms with Crippen molar-refractivity contribution in [3.8, 4) is 0 Å². The fourth-order valence-corrected chi connectivity index (χ4v) is 1.70. The number of hydrogen-bond acceptors (Lipinski definition) is 4. The summed E-state index contributed by atoms with van der Waals surface area (Å²) in [4.78, 5) is 4.01. The zero-order valence-corrected chi connectivity index (χ0v) is 9.83. The van der Waals surface area contributed by atoms with E-state index in [1.165, 1.54) is 6.21 Å². The van der Waals surface area contributed by atoms with Crippen molar-refractivity contribution in [1.82, 2.24) is 10.7 Å². The molecule has 0 spiro atoms. The molecule has 1 aliphatic rings. The lowest BCUT2D eigenvalue weighted by Crippen LogP contribution is -2.43. The van der Waals surface area contributed by atoms with Crippen molar-refractivity contribution >= 4 is 34.7 Å². The molecular weight excluding hydrogens is 247 g/mol. The number of hydrogen-bond donors (Lipinski definition) is 2. The van der Waals surface area contributed by atoms with Gasteiger partial charge in [0.05, 0.1) is 6.21 Å². The van der Waals surface area contributed by atoms with E-state index in [4.69, 9.17) is 23.2 Å². The highest BCUT2D eigenvalue weighted by molar-refractivity contribution is 6.65. The van der Waals surface area contributed by atoms with E-state index >= 15 is 0 Å². The van der Waals surface area contributed by atoms with Crippen LogP contribution < -0.4 is 10.7 Å². The molecule has 1 aromatic carbocycles. The first-order valence-electron chi connectivity index (χ1n) is 4.71. The molecule has 2 rings (SSSR count). The van der Waals surface area contributed by atoms with Crippen LogP contribution in [-0.4, -0.2) is 16.6 Å². The van der Waals surface area contributed by atoms with E-state index in [-0.39, 0.29) is 5.29 Å². The first kappa shape index (κ1) is 11.4. The summed E-state index contributed by atoms with van der Waals surface area (Å²) in [7, 11) is 0. The molecule has 0 saturated carbocycles. The number of alkyl halides is 1. The summed E-state index contributed by atoms with van der Waals surface area (Å²) in [5.74, 6) is 0. The standard InChI is InChI=1S/C10H10Cl2N4/c11-9-15-10(12,7-14-16-9)13-6-8-4-2-1-3-5-8/h1-5,7,13H,6H2,(H,15,16). The maximum Gasteiger partial charge on any atom is 0.227 e. The number of hydrazone groups is 1. The number of benzene rings is 1. The first-order chi connectivity index (χ1) is 7.68. The molecule has 1 unspecified atom stereocenters. The summed E-state index contributed by atoms with van der Waals surface area (Å²) in [6, 6.07) is 9.88. The first-order valence-corrected chi connectivity index (χ1v) is 5.47. The summed E-state index contributed by atoms with van der Waals surface area (Å²) in [6.45, 7) is 0.587. The van der Waals surface area contributed by atoms with Crippen molar-refractivity contribution in [2.75, 3.05) is 0 Å². The molecule has 0 amide bonds. The highest BCUT2D eigenvalue weighted by Crippen LogP contribution is 2.15. The monoisotopic (exact) mass is 256 g/mol. The Kier molecular flexibility index (Phi) is 3.43. The van der Waals surface area contributed by atoms with Gasteiger partial charge in [-0.1, -0.05) is 41.9 Å². The Morgan fingerprint density at radius 3 is 2.75 bits per heavy atom. The minimum atomic E-state index is -1.07. The van der Waals surface area contributed by atoms with Crippen LogP contribution in [0.2, 0.25) is 0 Å². The second kappa shape index (κ2) is 4.82. The van der Waals surface area contributed by atoms with Gasteiger partial charge in [0.15, 0.2) is 0 Å². The van der Waals surface area contributed by atoms with Crippen molar-refractivity contribution in [2.45, 2.75) is 11.7 Å². The minimum absolute atomic E-state index is 0.165. The summed E-state index contributed by atoms with van der Waals surface area (Å²) in [6.07, 6.45) is 1.46. The Labute approximate surface area is 103 Å². The van der Waals surface area contributed by atoms with E-state index in [9.17, 15) is 0 Å². The highest BCUT2D eigenvalue weighted by atomic mass is 35.5. The van der Waals surface area contributed by atoms with Gasteiger partial charge in [-0.3, -0.25) is 10.7 Å². The van der Waals surface area contributed by atoms with Gasteiger partial charge in [0.1, 0.15) is 0 Å². The third-order valence-corrected chi connectivity index (χ3v) is 2.52. The van der Waals surface area contributed by atoms with Crippen LogP contribution in [0, 0.1) is 0 Å². The van der Waals surface area contributed by atoms with Crippen molar-refractivity contribution in [3.63, 3.8) is 0 Å². The fourth-order valence-electron chi connectivity index (χ4n) is 1.27. The maximum absolute atomic E-state index is 6.15. The molecule has 2 N–H and O–H groups in total. The second-order valence-electron chi connectivity index (χ2n) is 3.29. The molecule has 0 saturated heterocycles. The molecule has 0 bridgehead atoms. The fraction of sp³-hybridized carbons (Fsp3) is 0.200. The van der Waals surface area contributed by atoms with Gasteiger partial charge in [-0.05, 0) is 17.2 Å². The van der Waals surface area contributed by atoms with Gasteiger partial charge in [0.2, 0.25) is 10.4 Å². The Bertz CT molecular complexity index is 418. The molecule has 16 heavy (non-hydrogen) atoms. The molecule has 1 atom stereocenters. The van der Waals surface area contributed by atoms with Crippen LogP contribution in [0.15, 0.2) is 40.4 Å². The van der Waals surface area contributed by atoms with Crippen molar-refractivity contribution in [2.24, 2.45) is 10.1 Å². The average Bonchev–Trinajstić information content (AvgIpc) is 2.28. The Morgan fingerprint density at radius 2 is 2.06 bits per heavy atom. The number of nitrogens with one attached hydrogen (secondary N) is 2. The topological polar surface area (TPSA) is 48.8 Å². The molecule has 1 heterocycles. The zero-order chi connectivity index (χ0) is 11.4. The van der Waals surface area contributed by atoms with Crippen LogP contribution in [0.1, 0.15) is 5.56 Å². The lowest BCUT2D eigenvalue weighted by Gasteiger charge is -2.22. The molecule has 6 heteroatoms. The number of rotatable bonds is 3. The Hall–Kier alpha value is -1.10. The van der Waals surface area contributed by atoms with Crippen LogP contribution in [0.5, 0.6) is 0 Å². The maximum atomic E-state index is 6.15. The van der Waals surface area contributed by atoms with Gasteiger partial charge < -0.3 is 0 Å². The van der Waals surface area contributed by atoms with Crippen molar-refractivity contribution < 1.29 is 0 Å². The van der Waals surface area contributed by atoms with Crippen LogP contribution in [-0.2, 0) is 6.54 Å².